The Kier molecular flexibility index (Phi) is 6.91. The van der Waals surface area contributed by atoms with Gasteiger partial charge >= 0.3 is 6.18 Å². The van der Waals surface area contributed by atoms with Crippen molar-refractivity contribution in [1.29, 1.82) is 0 Å². The molecule has 1 atom stereocenters. The summed E-state index contributed by atoms with van der Waals surface area (Å²) in [7, 11) is 0. The predicted molar refractivity (Wildman–Crippen MR) is 95.5 cm³/mol. The number of nitrogens with two attached hydrogens (primary N) is 1. The van der Waals surface area contributed by atoms with Crippen LogP contribution in [0.1, 0.15) is 43.0 Å². The molecule has 1 unspecified atom stereocenters. The van der Waals surface area contributed by atoms with Crippen LogP contribution in [0.15, 0.2) is 42.5 Å². The van der Waals surface area contributed by atoms with Gasteiger partial charge in [0.25, 0.3) is 0 Å². The lowest BCUT2D eigenvalue weighted by molar-refractivity contribution is -0.137. The Bertz CT molecular complexity index is 699. The molecule has 0 aliphatic heterocycles. The van der Waals surface area contributed by atoms with Gasteiger partial charge in [-0.3, -0.25) is 0 Å². The SMILES string of the molecule is CCOc1ccc(C(N)CCc2ccc(C(F)(F)F)cc2)cc1OCC. The fraction of sp³-hybridized carbons (Fsp3) is 0.400. The molecule has 0 radical (unpaired) electrons. The fourth-order valence-corrected chi connectivity index (χ4v) is 2.65. The molecular formula is C20H24F3NO2. The zero-order valence-electron chi connectivity index (χ0n) is 15.0. The van der Waals surface area contributed by atoms with E-state index < -0.39 is 11.7 Å². The standard InChI is InChI=1S/C20H24F3NO2/c1-3-25-18-12-8-15(13-19(18)26-4-2)17(24)11-7-14-5-9-16(10-6-14)20(21,22)23/h5-6,8-10,12-13,17H,3-4,7,11,24H2,1-2H3. The highest BCUT2D eigenvalue weighted by Crippen LogP contribution is 2.32. The van der Waals surface area contributed by atoms with Crippen LogP contribution in [-0.2, 0) is 12.6 Å². The first-order chi connectivity index (χ1) is 12.3. The molecule has 6 heteroatoms. The molecule has 3 nitrogen and oxygen atoms in total. The van der Waals surface area contributed by atoms with Gasteiger partial charge in [-0.2, -0.15) is 13.2 Å². The normalized spacial score (nSPS) is 12.7. The van der Waals surface area contributed by atoms with Gasteiger partial charge in [0.1, 0.15) is 0 Å². The van der Waals surface area contributed by atoms with E-state index in [1.807, 2.05) is 32.0 Å². The number of aryl methyl sites for hydroxylation is 1. The van der Waals surface area contributed by atoms with Crippen molar-refractivity contribution in [2.24, 2.45) is 5.73 Å². The molecule has 0 bridgehead atoms. The van der Waals surface area contributed by atoms with E-state index in [1.54, 1.807) is 0 Å². The van der Waals surface area contributed by atoms with E-state index in [0.29, 0.717) is 37.6 Å². The Balaban J connectivity index is 2.03. The first kappa shape index (κ1) is 20.1. The Morgan fingerprint density at radius 3 is 2.12 bits per heavy atom. The number of ether oxygens (including phenoxy) is 2. The predicted octanol–water partition coefficient (Wildman–Crippen LogP) is 5.14. The summed E-state index contributed by atoms with van der Waals surface area (Å²) in [6.45, 7) is 4.86. The van der Waals surface area contributed by atoms with Crippen LogP contribution in [0.4, 0.5) is 13.2 Å². The average molecular weight is 367 g/mol. The van der Waals surface area contributed by atoms with E-state index in [-0.39, 0.29) is 6.04 Å². The van der Waals surface area contributed by atoms with Gasteiger partial charge < -0.3 is 15.2 Å². The van der Waals surface area contributed by atoms with Gasteiger partial charge in [0.15, 0.2) is 11.5 Å². The minimum atomic E-state index is -4.31. The smallest absolute Gasteiger partial charge is 0.416 e. The van der Waals surface area contributed by atoms with Crippen LogP contribution in [0.2, 0.25) is 0 Å². The Morgan fingerprint density at radius 2 is 1.54 bits per heavy atom. The number of rotatable bonds is 8. The van der Waals surface area contributed by atoms with E-state index in [2.05, 4.69) is 0 Å². The molecule has 2 rings (SSSR count). The molecule has 0 aliphatic carbocycles. The van der Waals surface area contributed by atoms with Gasteiger partial charge in [0, 0.05) is 6.04 Å². The largest absolute Gasteiger partial charge is 0.490 e. The lowest BCUT2D eigenvalue weighted by Gasteiger charge is -2.16. The molecule has 2 aromatic carbocycles. The van der Waals surface area contributed by atoms with Crippen molar-refractivity contribution in [3.05, 3.63) is 59.2 Å². The third-order valence-electron chi connectivity index (χ3n) is 4.02. The lowest BCUT2D eigenvalue weighted by atomic mass is 9.98. The van der Waals surface area contributed by atoms with E-state index in [9.17, 15) is 13.2 Å². The summed E-state index contributed by atoms with van der Waals surface area (Å²) in [5.74, 6) is 1.32. The Morgan fingerprint density at radius 1 is 0.923 bits per heavy atom. The molecule has 2 aromatic rings. The number of halogens is 3. The third kappa shape index (κ3) is 5.39. The second kappa shape index (κ2) is 8.94. The van der Waals surface area contributed by atoms with Gasteiger partial charge in [-0.1, -0.05) is 18.2 Å². The van der Waals surface area contributed by atoms with Crippen LogP contribution in [-0.4, -0.2) is 13.2 Å². The van der Waals surface area contributed by atoms with Crippen LogP contribution in [0, 0.1) is 0 Å². The summed E-state index contributed by atoms with van der Waals surface area (Å²) < 4.78 is 48.9. The zero-order chi connectivity index (χ0) is 19.2. The van der Waals surface area contributed by atoms with Crippen molar-refractivity contribution < 1.29 is 22.6 Å². The van der Waals surface area contributed by atoms with Crippen LogP contribution < -0.4 is 15.2 Å². The number of alkyl halides is 3. The quantitative estimate of drug-likeness (QED) is 0.703. The number of hydrogen-bond donors (Lipinski definition) is 1. The second-order valence-corrected chi connectivity index (χ2v) is 5.91. The van der Waals surface area contributed by atoms with Crippen molar-refractivity contribution in [2.45, 2.75) is 38.9 Å². The van der Waals surface area contributed by atoms with Crippen molar-refractivity contribution in [3.63, 3.8) is 0 Å². The topological polar surface area (TPSA) is 44.5 Å². The highest BCUT2D eigenvalue weighted by molar-refractivity contribution is 5.44. The maximum Gasteiger partial charge on any atom is 0.416 e. The minimum Gasteiger partial charge on any atom is -0.490 e. The Labute approximate surface area is 151 Å². The van der Waals surface area contributed by atoms with Crippen LogP contribution in [0.3, 0.4) is 0 Å². The van der Waals surface area contributed by atoms with E-state index >= 15 is 0 Å². The summed E-state index contributed by atoms with van der Waals surface area (Å²) in [5.41, 5.74) is 7.34. The summed E-state index contributed by atoms with van der Waals surface area (Å²) in [6.07, 6.45) is -3.10. The van der Waals surface area contributed by atoms with Crippen LogP contribution in [0.25, 0.3) is 0 Å². The van der Waals surface area contributed by atoms with Crippen molar-refractivity contribution in [3.8, 4) is 11.5 Å². The first-order valence-electron chi connectivity index (χ1n) is 8.66. The van der Waals surface area contributed by atoms with Crippen LogP contribution in [0.5, 0.6) is 11.5 Å². The van der Waals surface area contributed by atoms with Crippen LogP contribution >= 0.6 is 0 Å². The lowest BCUT2D eigenvalue weighted by Crippen LogP contribution is -2.12. The molecule has 26 heavy (non-hydrogen) atoms. The number of benzene rings is 2. The van der Waals surface area contributed by atoms with E-state index in [0.717, 1.165) is 23.3 Å². The molecule has 0 spiro atoms. The minimum absolute atomic E-state index is 0.243. The Hall–Kier alpha value is -2.21. The molecular weight excluding hydrogens is 343 g/mol. The first-order valence-corrected chi connectivity index (χ1v) is 8.66. The number of hydrogen-bond acceptors (Lipinski definition) is 3. The molecule has 0 aliphatic rings. The molecule has 2 N–H and O–H groups in total. The molecule has 142 valence electrons. The summed E-state index contributed by atoms with van der Waals surface area (Å²) in [4.78, 5) is 0. The molecule has 0 saturated carbocycles. The third-order valence-corrected chi connectivity index (χ3v) is 4.02. The molecule has 0 fully saturated rings. The van der Waals surface area contributed by atoms with Crippen molar-refractivity contribution in [2.75, 3.05) is 13.2 Å². The second-order valence-electron chi connectivity index (χ2n) is 5.91. The highest BCUT2D eigenvalue weighted by atomic mass is 19.4. The summed E-state index contributed by atoms with van der Waals surface area (Å²) >= 11 is 0. The van der Waals surface area contributed by atoms with Gasteiger partial charge in [0.2, 0.25) is 0 Å². The molecule has 0 aromatic heterocycles. The van der Waals surface area contributed by atoms with Gasteiger partial charge in [0.05, 0.1) is 18.8 Å². The molecule has 0 amide bonds. The average Bonchev–Trinajstić information content (AvgIpc) is 2.61. The molecule has 0 saturated heterocycles. The monoisotopic (exact) mass is 367 g/mol. The van der Waals surface area contributed by atoms with Gasteiger partial charge in [-0.05, 0) is 62.1 Å². The zero-order valence-corrected chi connectivity index (χ0v) is 15.0. The summed E-state index contributed by atoms with van der Waals surface area (Å²) in [5, 5.41) is 0. The van der Waals surface area contributed by atoms with Gasteiger partial charge in [-0.15, -0.1) is 0 Å². The fourth-order valence-electron chi connectivity index (χ4n) is 2.65. The van der Waals surface area contributed by atoms with Gasteiger partial charge in [-0.25, -0.2) is 0 Å². The summed E-state index contributed by atoms with van der Waals surface area (Å²) in [6, 6.07) is 10.6. The van der Waals surface area contributed by atoms with E-state index in [1.165, 1.54) is 12.1 Å². The van der Waals surface area contributed by atoms with E-state index in [4.69, 9.17) is 15.2 Å². The molecule has 0 heterocycles. The highest BCUT2D eigenvalue weighted by Gasteiger charge is 2.29. The maximum atomic E-state index is 12.6. The maximum absolute atomic E-state index is 12.6. The van der Waals surface area contributed by atoms with Crippen molar-refractivity contribution in [1.82, 2.24) is 0 Å². The van der Waals surface area contributed by atoms with Crippen molar-refractivity contribution >= 4 is 0 Å².